The van der Waals surface area contributed by atoms with Crippen LogP contribution in [0.4, 0.5) is 0 Å². The molecule has 0 aliphatic carbocycles. The van der Waals surface area contributed by atoms with Gasteiger partial charge in [-0.25, -0.2) is 0 Å². The van der Waals surface area contributed by atoms with Gasteiger partial charge in [-0.1, -0.05) is 6.08 Å². The van der Waals surface area contributed by atoms with E-state index in [0.717, 1.165) is 25.8 Å². The number of hydrogen-bond acceptors (Lipinski definition) is 3. The summed E-state index contributed by atoms with van der Waals surface area (Å²) in [4.78, 5) is 12.2. The first-order valence-electron chi connectivity index (χ1n) is 4.86. The zero-order valence-corrected chi connectivity index (χ0v) is 8.48. The molecule has 82 valence electrons. The van der Waals surface area contributed by atoms with E-state index in [0.29, 0.717) is 6.54 Å². The Morgan fingerprint density at radius 3 is 2.57 bits per heavy atom. The molecule has 0 rings (SSSR count). The highest BCUT2D eigenvalue weighted by Crippen LogP contribution is 1.99. The first-order valence-corrected chi connectivity index (χ1v) is 4.86. The van der Waals surface area contributed by atoms with Gasteiger partial charge < -0.3 is 10.2 Å². The number of hydrogen-bond donors (Lipinski definition) is 2. The molecular weight excluding hydrogens is 182 g/mol. The molecule has 0 bridgehead atoms. The van der Waals surface area contributed by atoms with E-state index in [1.54, 1.807) is 4.90 Å². The lowest BCUT2D eigenvalue weighted by Crippen LogP contribution is -2.33. The third kappa shape index (κ3) is 7.76. The molecule has 0 atom stereocenters. The van der Waals surface area contributed by atoms with E-state index in [1.165, 1.54) is 0 Å². The minimum Gasteiger partial charge on any atom is -0.480 e. The van der Waals surface area contributed by atoms with Crippen LogP contribution in [-0.2, 0) is 4.79 Å². The van der Waals surface area contributed by atoms with E-state index in [-0.39, 0.29) is 13.2 Å². The van der Waals surface area contributed by atoms with Gasteiger partial charge in [-0.2, -0.15) is 0 Å². The van der Waals surface area contributed by atoms with Gasteiger partial charge in [-0.05, 0) is 25.8 Å². The van der Waals surface area contributed by atoms with Crippen molar-refractivity contribution in [1.29, 1.82) is 0 Å². The fourth-order valence-electron chi connectivity index (χ4n) is 1.23. The second-order valence-electron chi connectivity index (χ2n) is 3.18. The van der Waals surface area contributed by atoms with Crippen LogP contribution in [0.15, 0.2) is 12.7 Å². The monoisotopic (exact) mass is 201 g/mol. The lowest BCUT2D eigenvalue weighted by atomic mass is 10.2. The van der Waals surface area contributed by atoms with Crippen molar-refractivity contribution in [3.05, 3.63) is 12.7 Å². The van der Waals surface area contributed by atoms with E-state index < -0.39 is 5.97 Å². The number of carboxylic acids is 1. The quantitative estimate of drug-likeness (QED) is 0.426. The van der Waals surface area contributed by atoms with E-state index in [4.69, 9.17) is 10.2 Å². The molecular formula is C10H19NO3. The third-order valence-electron chi connectivity index (χ3n) is 1.91. The summed E-state index contributed by atoms with van der Waals surface area (Å²) in [5.74, 6) is -0.845. The zero-order valence-electron chi connectivity index (χ0n) is 8.48. The minimum atomic E-state index is -0.845. The average molecular weight is 201 g/mol. The minimum absolute atomic E-state index is 0.00858. The number of rotatable bonds is 9. The van der Waals surface area contributed by atoms with Crippen molar-refractivity contribution < 1.29 is 15.0 Å². The fourth-order valence-corrected chi connectivity index (χ4v) is 1.23. The van der Waals surface area contributed by atoms with Gasteiger partial charge in [0.1, 0.15) is 0 Å². The Morgan fingerprint density at radius 2 is 2.07 bits per heavy atom. The predicted octanol–water partition coefficient (Wildman–Crippen LogP) is 0.722. The molecule has 14 heavy (non-hydrogen) atoms. The van der Waals surface area contributed by atoms with E-state index in [2.05, 4.69) is 6.58 Å². The normalized spacial score (nSPS) is 10.4. The molecule has 0 aliphatic heterocycles. The number of carboxylic acid groups (broad SMARTS) is 1. The van der Waals surface area contributed by atoms with Crippen LogP contribution >= 0.6 is 0 Å². The van der Waals surface area contributed by atoms with Crippen molar-refractivity contribution in [3.8, 4) is 0 Å². The summed E-state index contributed by atoms with van der Waals surface area (Å²) in [5.41, 5.74) is 0. The molecule has 0 heterocycles. The number of allylic oxidation sites excluding steroid dienone is 1. The van der Waals surface area contributed by atoms with Gasteiger partial charge in [-0.15, -0.1) is 6.58 Å². The highest BCUT2D eigenvalue weighted by Gasteiger charge is 2.07. The summed E-state index contributed by atoms with van der Waals surface area (Å²) in [6, 6.07) is 0. The Morgan fingerprint density at radius 1 is 1.36 bits per heavy atom. The molecule has 4 nitrogen and oxygen atoms in total. The maximum Gasteiger partial charge on any atom is 0.317 e. The summed E-state index contributed by atoms with van der Waals surface area (Å²) in [7, 11) is 0. The zero-order chi connectivity index (χ0) is 10.8. The van der Waals surface area contributed by atoms with Crippen LogP contribution in [0.2, 0.25) is 0 Å². The Hall–Kier alpha value is -0.870. The first-order chi connectivity index (χ1) is 6.70. The molecule has 0 saturated heterocycles. The standard InChI is InChI=1S/C10H19NO3/c1-2-3-4-5-6-11(7-8-12)9-10(13)14/h2,12H,1,3-9H2,(H,13,14). The number of nitrogens with zero attached hydrogens (tertiary/aromatic N) is 1. The Kier molecular flexibility index (Phi) is 8.17. The molecule has 0 amide bonds. The van der Waals surface area contributed by atoms with Crippen LogP contribution in [0.1, 0.15) is 19.3 Å². The molecule has 0 saturated carbocycles. The maximum atomic E-state index is 10.4. The van der Waals surface area contributed by atoms with Gasteiger partial charge in [0.15, 0.2) is 0 Å². The molecule has 0 aromatic carbocycles. The highest BCUT2D eigenvalue weighted by atomic mass is 16.4. The molecule has 2 N–H and O–H groups in total. The molecule has 0 aliphatic rings. The van der Waals surface area contributed by atoms with Gasteiger partial charge in [0, 0.05) is 6.54 Å². The van der Waals surface area contributed by atoms with Gasteiger partial charge in [-0.3, -0.25) is 9.69 Å². The Bertz CT molecular complexity index is 171. The molecule has 0 aromatic heterocycles. The summed E-state index contributed by atoms with van der Waals surface area (Å²) >= 11 is 0. The van der Waals surface area contributed by atoms with Crippen molar-refractivity contribution in [1.82, 2.24) is 4.90 Å². The smallest absolute Gasteiger partial charge is 0.317 e. The molecule has 0 radical (unpaired) electrons. The summed E-state index contributed by atoms with van der Waals surface area (Å²) in [6.45, 7) is 4.79. The summed E-state index contributed by atoms with van der Waals surface area (Å²) in [5, 5.41) is 17.3. The predicted molar refractivity (Wildman–Crippen MR) is 55.2 cm³/mol. The number of aliphatic carboxylic acids is 1. The molecule has 0 spiro atoms. The molecule has 0 fully saturated rings. The van der Waals surface area contributed by atoms with Crippen LogP contribution < -0.4 is 0 Å². The van der Waals surface area contributed by atoms with Crippen LogP contribution in [0.5, 0.6) is 0 Å². The van der Waals surface area contributed by atoms with Gasteiger partial charge in [0.05, 0.1) is 13.2 Å². The topological polar surface area (TPSA) is 60.8 Å². The number of unbranched alkanes of at least 4 members (excludes halogenated alkanes) is 2. The van der Waals surface area contributed by atoms with Crippen molar-refractivity contribution in [3.63, 3.8) is 0 Å². The Labute approximate surface area is 84.8 Å². The van der Waals surface area contributed by atoms with Crippen LogP contribution in [0.3, 0.4) is 0 Å². The van der Waals surface area contributed by atoms with Crippen molar-refractivity contribution in [2.45, 2.75) is 19.3 Å². The number of aliphatic hydroxyl groups excluding tert-OH is 1. The SMILES string of the molecule is C=CCCCCN(CCO)CC(=O)O. The second-order valence-corrected chi connectivity index (χ2v) is 3.18. The van der Waals surface area contributed by atoms with Crippen LogP contribution in [0, 0.1) is 0 Å². The summed E-state index contributed by atoms with van der Waals surface area (Å²) < 4.78 is 0. The molecule has 0 aromatic rings. The third-order valence-corrected chi connectivity index (χ3v) is 1.91. The van der Waals surface area contributed by atoms with Crippen molar-refractivity contribution >= 4 is 5.97 Å². The average Bonchev–Trinajstić information content (AvgIpc) is 2.12. The van der Waals surface area contributed by atoms with Crippen LogP contribution in [0.25, 0.3) is 0 Å². The van der Waals surface area contributed by atoms with E-state index >= 15 is 0 Å². The first kappa shape index (κ1) is 13.1. The van der Waals surface area contributed by atoms with E-state index in [1.807, 2.05) is 6.08 Å². The molecule has 0 unspecified atom stereocenters. The van der Waals surface area contributed by atoms with Crippen molar-refractivity contribution in [2.24, 2.45) is 0 Å². The maximum absolute atomic E-state index is 10.4. The van der Waals surface area contributed by atoms with Crippen LogP contribution in [-0.4, -0.2) is 47.3 Å². The number of aliphatic hydroxyl groups is 1. The van der Waals surface area contributed by atoms with E-state index in [9.17, 15) is 4.79 Å². The van der Waals surface area contributed by atoms with Gasteiger partial charge >= 0.3 is 5.97 Å². The second kappa shape index (κ2) is 8.72. The highest BCUT2D eigenvalue weighted by molar-refractivity contribution is 5.69. The Balaban J connectivity index is 3.61. The van der Waals surface area contributed by atoms with Crippen molar-refractivity contribution in [2.75, 3.05) is 26.2 Å². The molecule has 4 heteroatoms. The van der Waals surface area contributed by atoms with Gasteiger partial charge in [0.2, 0.25) is 0 Å². The summed E-state index contributed by atoms with van der Waals surface area (Å²) in [6.07, 6.45) is 4.78. The lowest BCUT2D eigenvalue weighted by Gasteiger charge is -2.18. The fraction of sp³-hybridized carbons (Fsp3) is 0.700. The van der Waals surface area contributed by atoms with Gasteiger partial charge in [0.25, 0.3) is 0 Å². The number of carbonyl (C=O) groups is 1. The largest absolute Gasteiger partial charge is 0.480 e. The lowest BCUT2D eigenvalue weighted by molar-refractivity contribution is -0.138.